The van der Waals surface area contributed by atoms with Gasteiger partial charge in [-0.15, -0.1) is 0 Å². The zero-order valence-corrected chi connectivity index (χ0v) is 14.3. The Morgan fingerprint density at radius 3 is 2.40 bits per heavy atom. The van der Waals surface area contributed by atoms with Gasteiger partial charge in [0.2, 0.25) is 10.0 Å². The summed E-state index contributed by atoms with van der Waals surface area (Å²) in [4.78, 5) is 1.72. The molecule has 0 aromatic heterocycles. The molecule has 0 amide bonds. The average Bonchev–Trinajstić information content (AvgIpc) is 2.33. The van der Waals surface area contributed by atoms with Crippen LogP contribution in [-0.4, -0.2) is 51.4 Å². The quantitative estimate of drug-likeness (QED) is 0.744. The van der Waals surface area contributed by atoms with Crippen LogP contribution in [0, 0.1) is 5.82 Å². The Kier molecular flexibility index (Phi) is 6.57. The van der Waals surface area contributed by atoms with Crippen LogP contribution in [-0.2, 0) is 10.0 Å². The molecule has 0 aliphatic carbocycles. The van der Waals surface area contributed by atoms with Crippen LogP contribution in [0.15, 0.2) is 27.6 Å². The molecule has 0 saturated carbocycles. The van der Waals surface area contributed by atoms with Crippen molar-refractivity contribution in [3.8, 4) is 0 Å². The van der Waals surface area contributed by atoms with E-state index in [1.165, 1.54) is 22.5 Å². The second-order valence-electron chi connectivity index (χ2n) is 4.73. The van der Waals surface area contributed by atoms with E-state index in [2.05, 4.69) is 15.9 Å². The first-order valence-corrected chi connectivity index (χ1v) is 8.62. The predicted molar refractivity (Wildman–Crippen MR) is 81.7 cm³/mol. The van der Waals surface area contributed by atoms with Crippen LogP contribution in [0.25, 0.3) is 0 Å². The van der Waals surface area contributed by atoms with Crippen LogP contribution in [0.2, 0.25) is 0 Å². The summed E-state index contributed by atoms with van der Waals surface area (Å²) in [6, 6.07) is 3.99. The minimum absolute atomic E-state index is 0.271. The summed E-state index contributed by atoms with van der Waals surface area (Å²) >= 11 is 3.12. The van der Waals surface area contributed by atoms with E-state index in [1.54, 1.807) is 6.92 Å². The molecule has 0 aliphatic rings. The first-order chi connectivity index (χ1) is 9.28. The minimum Gasteiger partial charge on any atom is -0.309 e. The molecule has 0 radical (unpaired) electrons. The maximum atomic E-state index is 13.8. The van der Waals surface area contributed by atoms with Crippen LogP contribution in [0.5, 0.6) is 0 Å². The third-order valence-electron chi connectivity index (χ3n) is 2.88. The van der Waals surface area contributed by atoms with E-state index in [0.29, 0.717) is 24.0 Å². The zero-order chi connectivity index (χ0) is 15.3. The van der Waals surface area contributed by atoms with Crippen molar-refractivity contribution in [1.29, 1.82) is 0 Å². The highest BCUT2D eigenvalue weighted by Crippen LogP contribution is 2.22. The highest BCUT2D eigenvalue weighted by molar-refractivity contribution is 9.10. The van der Waals surface area contributed by atoms with E-state index in [-0.39, 0.29) is 4.90 Å². The summed E-state index contributed by atoms with van der Waals surface area (Å²) in [6.07, 6.45) is 0.707. The van der Waals surface area contributed by atoms with Gasteiger partial charge < -0.3 is 4.90 Å². The van der Waals surface area contributed by atoms with Crippen molar-refractivity contribution < 1.29 is 12.8 Å². The largest absolute Gasteiger partial charge is 0.309 e. The maximum Gasteiger partial charge on any atom is 0.245 e. The van der Waals surface area contributed by atoms with Crippen LogP contribution >= 0.6 is 15.9 Å². The van der Waals surface area contributed by atoms with Crippen molar-refractivity contribution in [3.05, 3.63) is 28.5 Å². The Bertz CT molecular complexity index is 549. The molecule has 0 N–H and O–H groups in total. The van der Waals surface area contributed by atoms with E-state index in [1.807, 2.05) is 19.0 Å². The normalized spacial score (nSPS) is 12.3. The Morgan fingerprint density at radius 2 is 1.90 bits per heavy atom. The van der Waals surface area contributed by atoms with Crippen molar-refractivity contribution in [2.75, 3.05) is 33.7 Å². The maximum absolute atomic E-state index is 13.8. The average molecular weight is 367 g/mol. The number of benzene rings is 1. The molecule has 0 atom stereocenters. The summed E-state index contributed by atoms with van der Waals surface area (Å²) < 4.78 is 40.5. The van der Waals surface area contributed by atoms with Gasteiger partial charge in [0.15, 0.2) is 0 Å². The van der Waals surface area contributed by atoms with Gasteiger partial charge in [-0.05, 0) is 45.3 Å². The van der Waals surface area contributed by atoms with Crippen molar-refractivity contribution >= 4 is 26.0 Å². The lowest BCUT2D eigenvalue weighted by Gasteiger charge is -2.21. The fraction of sp³-hybridized carbons (Fsp3) is 0.538. The summed E-state index contributed by atoms with van der Waals surface area (Å²) in [5.41, 5.74) is 0. The number of halogens is 2. The lowest BCUT2D eigenvalue weighted by molar-refractivity contribution is 0.355. The van der Waals surface area contributed by atoms with Crippen LogP contribution in [0.1, 0.15) is 13.3 Å². The molecule has 0 aliphatic heterocycles. The molecule has 0 saturated heterocycles. The fourth-order valence-corrected chi connectivity index (χ4v) is 3.70. The Balaban J connectivity index is 2.94. The number of rotatable bonds is 7. The van der Waals surface area contributed by atoms with E-state index >= 15 is 0 Å². The third-order valence-corrected chi connectivity index (χ3v) is 5.38. The van der Waals surface area contributed by atoms with Crippen molar-refractivity contribution in [3.63, 3.8) is 0 Å². The highest BCUT2D eigenvalue weighted by Gasteiger charge is 2.25. The second kappa shape index (κ2) is 7.49. The first-order valence-electron chi connectivity index (χ1n) is 6.39. The number of nitrogens with zero attached hydrogens (tertiary/aromatic N) is 2. The second-order valence-corrected chi connectivity index (χ2v) is 7.55. The van der Waals surface area contributed by atoms with Gasteiger partial charge in [0.25, 0.3) is 0 Å². The van der Waals surface area contributed by atoms with Gasteiger partial charge in [-0.25, -0.2) is 12.8 Å². The van der Waals surface area contributed by atoms with Gasteiger partial charge >= 0.3 is 0 Å². The summed E-state index contributed by atoms with van der Waals surface area (Å²) in [5, 5.41) is 0. The number of hydrogen-bond acceptors (Lipinski definition) is 3. The molecular weight excluding hydrogens is 347 g/mol. The molecular formula is C13H20BrFN2O2S. The van der Waals surface area contributed by atoms with Crippen molar-refractivity contribution in [2.24, 2.45) is 0 Å². The Hall–Kier alpha value is -0.500. The molecule has 0 heterocycles. The molecule has 1 rings (SSSR count). The molecule has 114 valence electrons. The fourth-order valence-electron chi connectivity index (χ4n) is 1.84. The lowest BCUT2D eigenvalue weighted by atomic mass is 10.3. The molecule has 7 heteroatoms. The van der Waals surface area contributed by atoms with Crippen LogP contribution in [0.3, 0.4) is 0 Å². The van der Waals surface area contributed by atoms with E-state index in [4.69, 9.17) is 0 Å². The molecule has 0 unspecified atom stereocenters. The molecule has 1 aromatic carbocycles. The van der Waals surface area contributed by atoms with Gasteiger partial charge in [-0.2, -0.15) is 4.31 Å². The SMILES string of the molecule is CCN(CCCN(C)C)S(=O)(=O)c1ccc(Br)cc1F. The lowest BCUT2D eigenvalue weighted by Crippen LogP contribution is -2.33. The topological polar surface area (TPSA) is 40.6 Å². The smallest absolute Gasteiger partial charge is 0.245 e. The monoisotopic (exact) mass is 366 g/mol. The van der Waals surface area contributed by atoms with Gasteiger partial charge in [0, 0.05) is 17.6 Å². The molecule has 0 spiro atoms. The van der Waals surface area contributed by atoms with Gasteiger partial charge in [0.1, 0.15) is 10.7 Å². The van der Waals surface area contributed by atoms with Crippen molar-refractivity contribution in [2.45, 2.75) is 18.2 Å². The standard InChI is InChI=1S/C13H20BrFN2O2S/c1-4-17(9-5-8-16(2)3)20(18,19)13-7-6-11(14)10-12(13)15/h6-7,10H,4-5,8-9H2,1-3H3. The first kappa shape index (κ1) is 17.6. The third kappa shape index (κ3) is 4.51. The van der Waals surface area contributed by atoms with E-state index in [0.717, 1.165) is 6.54 Å². The molecule has 0 fully saturated rings. The minimum atomic E-state index is -3.78. The number of sulfonamides is 1. The summed E-state index contributed by atoms with van der Waals surface area (Å²) in [7, 11) is 0.0819. The van der Waals surface area contributed by atoms with Crippen LogP contribution in [0.4, 0.5) is 4.39 Å². The molecule has 20 heavy (non-hydrogen) atoms. The Morgan fingerprint density at radius 1 is 1.25 bits per heavy atom. The summed E-state index contributed by atoms with van der Waals surface area (Å²) in [5.74, 6) is -0.731. The Labute approximate surface area is 128 Å². The number of hydrogen-bond donors (Lipinski definition) is 0. The molecule has 4 nitrogen and oxygen atoms in total. The van der Waals surface area contributed by atoms with Gasteiger partial charge in [0.05, 0.1) is 0 Å². The summed E-state index contributed by atoms with van der Waals surface area (Å²) in [6.45, 7) is 3.25. The van der Waals surface area contributed by atoms with Crippen molar-refractivity contribution in [1.82, 2.24) is 9.21 Å². The zero-order valence-electron chi connectivity index (χ0n) is 11.9. The van der Waals surface area contributed by atoms with E-state index < -0.39 is 15.8 Å². The molecule has 1 aromatic rings. The molecule has 0 bridgehead atoms. The van der Waals surface area contributed by atoms with Crippen LogP contribution < -0.4 is 0 Å². The van der Waals surface area contributed by atoms with E-state index in [9.17, 15) is 12.8 Å². The predicted octanol–water partition coefficient (Wildman–Crippen LogP) is 2.55. The van der Waals surface area contributed by atoms with Gasteiger partial charge in [-0.1, -0.05) is 22.9 Å². The highest BCUT2D eigenvalue weighted by atomic mass is 79.9. The van der Waals surface area contributed by atoms with Gasteiger partial charge in [-0.3, -0.25) is 0 Å².